The molecule has 6 nitrogen and oxygen atoms in total. The van der Waals surface area contributed by atoms with Crippen LogP contribution in [0.15, 0.2) is 48.0 Å². The Morgan fingerprint density at radius 3 is 2.75 bits per heavy atom. The largest absolute Gasteiger partial charge is 0.442 e. The summed E-state index contributed by atoms with van der Waals surface area (Å²) in [5, 5.41) is 17.9. The highest BCUT2D eigenvalue weighted by Gasteiger charge is 2.43. The molecule has 0 amide bonds. The zero-order valence-electron chi connectivity index (χ0n) is 16.2. The zero-order valence-corrected chi connectivity index (χ0v) is 16.2. The second kappa shape index (κ2) is 7.02. The molecule has 0 fully saturated rings. The normalized spacial score (nSPS) is 20.4. The molecule has 146 valence electrons. The second-order valence-corrected chi connectivity index (χ2v) is 8.31. The lowest BCUT2D eigenvalue weighted by Gasteiger charge is -2.37. The third-order valence-corrected chi connectivity index (χ3v) is 5.45. The molecule has 4 rings (SSSR count). The van der Waals surface area contributed by atoms with E-state index in [-0.39, 0.29) is 29.2 Å². The number of nitrogens with zero attached hydrogens (tertiary/aromatic N) is 2. The van der Waals surface area contributed by atoms with Gasteiger partial charge >= 0.3 is 0 Å². The zero-order chi connectivity index (χ0) is 19.9. The van der Waals surface area contributed by atoms with E-state index in [9.17, 15) is 4.79 Å². The van der Waals surface area contributed by atoms with Gasteiger partial charge < -0.3 is 14.4 Å². The lowest BCUT2D eigenvalue weighted by molar-refractivity contribution is -0.118. The Balaban J connectivity index is 1.92. The number of nitrogens with one attached hydrogen (secondary N) is 1. The van der Waals surface area contributed by atoms with Crippen LogP contribution in [0.3, 0.4) is 0 Å². The Bertz CT molecular complexity index is 1010. The van der Waals surface area contributed by atoms with Gasteiger partial charge in [-0.3, -0.25) is 10.2 Å². The molecule has 0 radical (unpaired) electrons. The van der Waals surface area contributed by atoms with Crippen LogP contribution in [-0.2, 0) is 11.3 Å². The van der Waals surface area contributed by atoms with E-state index in [1.165, 1.54) is 0 Å². The standard InChI is InChI=1S/C22H25N3O3/c1-22(2)11-15(27)18-16(12-22)28-21-19(17(18)14-7-4-3-5-8-14)20(23)25(13-24-21)9-6-10-26/h3-5,7-8,13,17,23,26H,6,9-12H2,1-2H3/t17-/m1/s1. The van der Waals surface area contributed by atoms with Crippen LogP contribution < -0.4 is 10.2 Å². The molecule has 2 heterocycles. The van der Waals surface area contributed by atoms with Gasteiger partial charge in [0.15, 0.2) is 5.78 Å². The number of aryl methyl sites for hydroxylation is 1. The van der Waals surface area contributed by atoms with Crippen molar-refractivity contribution < 1.29 is 14.6 Å². The molecular formula is C22H25N3O3. The van der Waals surface area contributed by atoms with E-state index in [4.69, 9.17) is 15.3 Å². The third-order valence-electron chi connectivity index (χ3n) is 5.45. The first kappa shape index (κ1) is 18.6. The van der Waals surface area contributed by atoms with Gasteiger partial charge in [-0.2, -0.15) is 0 Å². The molecule has 0 unspecified atom stereocenters. The number of aromatic nitrogens is 2. The number of Topliss-reactive ketones (excluding diaryl/α,β-unsaturated/α-hetero) is 1. The minimum absolute atomic E-state index is 0.0466. The van der Waals surface area contributed by atoms with Crippen molar-refractivity contribution >= 4 is 5.78 Å². The first-order chi connectivity index (χ1) is 13.4. The summed E-state index contributed by atoms with van der Waals surface area (Å²) < 4.78 is 7.80. The average molecular weight is 379 g/mol. The van der Waals surface area contributed by atoms with Gasteiger partial charge in [-0.15, -0.1) is 0 Å². The minimum Gasteiger partial charge on any atom is -0.442 e. The van der Waals surface area contributed by atoms with Gasteiger partial charge in [0.05, 0.1) is 5.56 Å². The fraction of sp³-hybridized carbons (Fsp3) is 0.409. The summed E-state index contributed by atoms with van der Waals surface area (Å²) in [6.45, 7) is 4.68. The van der Waals surface area contributed by atoms with E-state index in [1.807, 2.05) is 30.3 Å². The monoisotopic (exact) mass is 379 g/mol. The lowest BCUT2D eigenvalue weighted by Crippen LogP contribution is -2.37. The molecule has 0 saturated heterocycles. The molecule has 1 aliphatic carbocycles. The number of fused-ring (bicyclic) bond motifs is 1. The predicted octanol–water partition coefficient (Wildman–Crippen LogP) is 2.91. The fourth-order valence-electron chi connectivity index (χ4n) is 4.19. The van der Waals surface area contributed by atoms with Gasteiger partial charge in [0, 0.05) is 37.5 Å². The van der Waals surface area contributed by atoms with Crippen molar-refractivity contribution in [3.8, 4) is 5.88 Å². The third kappa shape index (κ3) is 3.18. The number of ketones is 1. The molecular weight excluding hydrogens is 354 g/mol. The molecule has 1 aromatic heterocycles. The van der Waals surface area contributed by atoms with Gasteiger partial charge in [0.25, 0.3) is 0 Å². The summed E-state index contributed by atoms with van der Waals surface area (Å²) in [5.41, 5.74) is 2.36. The van der Waals surface area contributed by atoms with E-state index in [0.29, 0.717) is 48.6 Å². The molecule has 1 aliphatic heterocycles. The topological polar surface area (TPSA) is 88.2 Å². The first-order valence-corrected chi connectivity index (χ1v) is 9.65. The minimum atomic E-state index is -0.356. The molecule has 2 aliphatic rings. The number of carbonyl (C=O) groups excluding carboxylic acids is 1. The van der Waals surface area contributed by atoms with Crippen LogP contribution in [0.5, 0.6) is 5.88 Å². The number of benzene rings is 1. The maximum atomic E-state index is 13.1. The van der Waals surface area contributed by atoms with Gasteiger partial charge in [0.1, 0.15) is 17.6 Å². The molecule has 1 atom stereocenters. The van der Waals surface area contributed by atoms with Crippen molar-refractivity contribution in [1.82, 2.24) is 9.55 Å². The van der Waals surface area contributed by atoms with Crippen LogP contribution in [0, 0.1) is 10.8 Å². The van der Waals surface area contributed by atoms with Crippen molar-refractivity contribution in [2.75, 3.05) is 6.61 Å². The van der Waals surface area contributed by atoms with E-state index in [0.717, 1.165) is 5.56 Å². The number of allylic oxidation sites excluding steroid dienone is 2. The van der Waals surface area contributed by atoms with Crippen LogP contribution in [-0.4, -0.2) is 27.0 Å². The SMILES string of the molecule is CC1(C)CC(=O)C2=C(C1)Oc1ncn(CCCO)c(=N)c1[C@@H]2c1ccccc1. The summed E-state index contributed by atoms with van der Waals surface area (Å²) in [6.07, 6.45) is 3.26. The van der Waals surface area contributed by atoms with Gasteiger partial charge in [-0.1, -0.05) is 44.2 Å². The second-order valence-electron chi connectivity index (χ2n) is 8.31. The maximum absolute atomic E-state index is 13.1. The molecule has 0 bridgehead atoms. The highest BCUT2D eigenvalue weighted by molar-refractivity contribution is 6.00. The Labute approximate surface area is 164 Å². The number of aliphatic hydroxyl groups excluding tert-OH is 1. The van der Waals surface area contributed by atoms with Gasteiger partial charge in [-0.25, -0.2) is 4.98 Å². The predicted molar refractivity (Wildman–Crippen MR) is 104 cm³/mol. The molecule has 2 N–H and O–H groups in total. The Morgan fingerprint density at radius 1 is 1.29 bits per heavy atom. The molecule has 0 saturated carbocycles. The lowest BCUT2D eigenvalue weighted by atomic mass is 9.70. The molecule has 1 aromatic carbocycles. The first-order valence-electron chi connectivity index (χ1n) is 9.65. The highest BCUT2D eigenvalue weighted by atomic mass is 16.5. The van der Waals surface area contributed by atoms with Crippen LogP contribution in [0.1, 0.15) is 50.2 Å². The van der Waals surface area contributed by atoms with E-state index in [1.54, 1.807) is 10.9 Å². The number of hydrogen-bond acceptors (Lipinski definition) is 5. The summed E-state index contributed by atoms with van der Waals surface area (Å²) in [5.74, 6) is 0.812. The summed E-state index contributed by atoms with van der Waals surface area (Å²) in [7, 11) is 0. The molecule has 2 aromatic rings. The van der Waals surface area contributed by atoms with Crippen molar-refractivity contribution in [2.24, 2.45) is 5.41 Å². The highest BCUT2D eigenvalue weighted by Crippen LogP contribution is 2.48. The van der Waals surface area contributed by atoms with Gasteiger partial charge in [-0.05, 0) is 17.4 Å². The van der Waals surface area contributed by atoms with Crippen LogP contribution in [0.2, 0.25) is 0 Å². The quantitative estimate of drug-likeness (QED) is 0.855. The smallest absolute Gasteiger partial charge is 0.228 e. The maximum Gasteiger partial charge on any atom is 0.228 e. The van der Waals surface area contributed by atoms with Crippen LogP contribution in [0.4, 0.5) is 0 Å². The van der Waals surface area contributed by atoms with Crippen LogP contribution in [0.25, 0.3) is 0 Å². The molecule has 0 spiro atoms. The Kier molecular flexibility index (Phi) is 4.67. The number of ether oxygens (including phenoxy) is 1. The Hall–Kier alpha value is -2.73. The molecule has 28 heavy (non-hydrogen) atoms. The van der Waals surface area contributed by atoms with Crippen molar-refractivity contribution in [3.63, 3.8) is 0 Å². The number of aliphatic hydroxyl groups is 1. The van der Waals surface area contributed by atoms with Crippen molar-refractivity contribution in [3.05, 3.63) is 64.6 Å². The van der Waals surface area contributed by atoms with Crippen molar-refractivity contribution in [1.29, 1.82) is 5.41 Å². The molecule has 6 heteroatoms. The summed E-state index contributed by atoms with van der Waals surface area (Å²) >= 11 is 0. The number of rotatable bonds is 4. The van der Waals surface area contributed by atoms with Crippen LogP contribution >= 0.6 is 0 Å². The summed E-state index contributed by atoms with van der Waals surface area (Å²) in [4.78, 5) is 17.6. The average Bonchev–Trinajstić information content (AvgIpc) is 2.66. The van der Waals surface area contributed by atoms with E-state index in [2.05, 4.69) is 18.8 Å². The van der Waals surface area contributed by atoms with E-state index >= 15 is 0 Å². The number of hydrogen-bond donors (Lipinski definition) is 2. The number of carbonyl (C=O) groups is 1. The van der Waals surface area contributed by atoms with Crippen molar-refractivity contribution in [2.45, 2.75) is 45.6 Å². The summed E-state index contributed by atoms with van der Waals surface area (Å²) in [6, 6.07) is 9.81. The van der Waals surface area contributed by atoms with E-state index < -0.39 is 0 Å². The Morgan fingerprint density at radius 2 is 2.04 bits per heavy atom. The van der Waals surface area contributed by atoms with Gasteiger partial charge in [0.2, 0.25) is 5.88 Å². The fourth-order valence-corrected chi connectivity index (χ4v) is 4.19.